The lowest BCUT2D eigenvalue weighted by atomic mass is 9.66. The Morgan fingerprint density at radius 2 is 1.00 bits per heavy atom. The van der Waals surface area contributed by atoms with Crippen molar-refractivity contribution in [3.8, 4) is 39.4 Å². The van der Waals surface area contributed by atoms with Crippen molar-refractivity contribution in [1.29, 1.82) is 0 Å². The summed E-state index contributed by atoms with van der Waals surface area (Å²) in [5.74, 6) is 1.76. The van der Waals surface area contributed by atoms with Crippen LogP contribution < -0.4 is 14.2 Å². The number of hydrogen-bond donors (Lipinski definition) is 0. The predicted octanol–water partition coefficient (Wildman–Crippen LogP) is 14.6. The maximum Gasteiger partial charge on any atom is 0.254 e. The lowest BCUT2D eigenvalue weighted by molar-refractivity contribution is -0.594. The minimum absolute atomic E-state index is 0.621. The van der Waals surface area contributed by atoms with Gasteiger partial charge in [-0.25, -0.2) is 0 Å². The fourth-order valence-corrected chi connectivity index (χ4v) is 10.3. The van der Waals surface area contributed by atoms with E-state index in [1.54, 1.807) is 0 Å². The minimum Gasteiger partial charge on any atom is -0.457 e. The van der Waals surface area contributed by atoms with Crippen molar-refractivity contribution in [1.82, 2.24) is 0 Å². The number of aromatic nitrogens is 1. The first-order chi connectivity index (χ1) is 30.7. The third kappa shape index (κ3) is 5.04. The van der Waals surface area contributed by atoms with Gasteiger partial charge in [-0.1, -0.05) is 133 Å². The van der Waals surface area contributed by atoms with Crippen molar-refractivity contribution in [2.24, 2.45) is 0 Å². The van der Waals surface area contributed by atoms with Crippen LogP contribution in [0.3, 0.4) is 0 Å². The number of furan rings is 1. The van der Waals surface area contributed by atoms with Gasteiger partial charge in [0.05, 0.1) is 11.1 Å². The Kier molecular flexibility index (Phi) is 7.49. The van der Waals surface area contributed by atoms with Crippen LogP contribution in [-0.2, 0) is 5.41 Å². The molecular formula is C58H37N2O2+. The molecule has 0 saturated carbocycles. The molecule has 0 amide bonds. The first kappa shape index (κ1) is 34.6. The van der Waals surface area contributed by atoms with Crippen LogP contribution in [0.4, 0.5) is 17.1 Å². The van der Waals surface area contributed by atoms with Gasteiger partial charge in [-0.3, -0.25) is 0 Å². The van der Waals surface area contributed by atoms with E-state index in [2.05, 4.69) is 222 Å². The molecule has 62 heavy (non-hydrogen) atoms. The topological polar surface area (TPSA) is 29.5 Å². The van der Waals surface area contributed by atoms with E-state index in [1.165, 1.54) is 44.2 Å². The third-order valence-corrected chi connectivity index (χ3v) is 13.0. The minimum atomic E-state index is -0.621. The highest BCUT2D eigenvalue weighted by atomic mass is 16.5. The van der Waals surface area contributed by atoms with E-state index in [0.717, 1.165) is 67.3 Å². The Morgan fingerprint density at radius 1 is 0.403 bits per heavy atom. The molecule has 2 aromatic heterocycles. The number of rotatable bonds is 5. The summed E-state index contributed by atoms with van der Waals surface area (Å²) in [6.07, 6.45) is 4.29. The van der Waals surface area contributed by atoms with Crippen LogP contribution in [0.1, 0.15) is 22.3 Å². The molecule has 0 atom stereocenters. The van der Waals surface area contributed by atoms with E-state index in [0.29, 0.717) is 0 Å². The van der Waals surface area contributed by atoms with Crippen LogP contribution in [0.5, 0.6) is 11.5 Å². The van der Waals surface area contributed by atoms with Gasteiger partial charge in [0.15, 0.2) is 12.4 Å². The molecule has 13 rings (SSSR count). The smallest absolute Gasteiger partial charge is 0.254 e. The second kappa shape index (κ2) is 13.4. The number of hydrogen-bond acceptors (Lipinski definition) is 3. The van der Waals surface area contributed by atoms with Crippen LogP contribution >= 0.6 is 0 Å². The standard InChI is InChI=1S/C58H37N2O2/c1-2-13-38(14-3-1)39-25-27-42(28-26-39)60(43-31-33-59(34-32-43)53-21-12-18-47-46-17-6-9-22-54(46)62-57(47)53)44-29-30-45-48-35-40-15-4-5-16-41(40)36-51(48)58(52(45)37-44)49-19-7-10-23-55(49)61-56-24-11-8-20-50(56)58/h1-37H/q+1. The number of anilines is 3. The van der Waals surface area contributed by atoms with E-state index in [9.17, 15) is 0 Å². The monoisotopic (exact) mass is 793 g/mol. The fourth-order valence-electron chi connectivity index (χ4n) is 10.3. The van der Waals surface area contributed by atoms with Crippen LogP contribution in [-0.4, -0.2) is 0 Å². The molecule has 290 valence electrons. The predicted molar refractivity (Wildman–Crippen MR) is 250 cm³/mol. The SMILES string of the molecule is c1ccc(-c2ccc(N(c3cc[n+](-c4cccc5c4oc4ccccc45)cc3)c3ccc4c(c3)C3(c5ccccc5Oc5ccccc53)c3cc5ccccc5cc3-4)cc2)cc1. The lowest BCUT2D eigenvalue weighted by Crippen LogP contribution is -2.32. The molecule has 0 fully saturated rings. The van der Waals surface area contributed by atoms with Crippen molar-refractivity contribution >= 4 is 49.8 Å². The number of pyridine rings is 1. The van der Waals surface area contributed by atoms with Gasteiger partial charge >= 0.3 is 0 Å². The maximum atomic E-state index is 6.72. The number of benzene rings is 9. The second-order valence-electron chi connectivity index (χ2n) is 16.3. The molecular weight excluding hydrogens is 757 g/mol. The molecule has 1 aliphatic heterocycles. The fraction of sp³-hybridized carbons (Fsp3) is 0.0172. The second-order valence-corrected chi connectivity index (χ2v) is 16.3. The summed E-state index contributed by atoms with van der Waals surface area (Å²) in [6, 6.07) is 76.3. The Bertz CT molecular complexity index is 3510. The van der Waals surface area contributed by atoms with E-state index in [4.69, 9.17) is 9.15 Å². The molecule has 0 radical (unpaired) electrons. The number of para-hydroxylation sites is 4. The van der Waals surface area contributed by atoms with E-state index in [-0.39, 0.29) is 0 Å². The molecule has 9 aromatic carbocycles. The molecule has 4 nitrogen and oxygen atoms in total. The van der Waals surface area contributed by atoms with E-state index < -0.39 is 5.41 Å². The third-order valence-electron chi connectivity index (χ3n) is 13.0. The van der Waals surface area contributed by atoms with Gasteiger partial charge in [0.1, 0.15) is 17.1 Å². The first-order valence-corrected chi connectivity index (χ1v) is 21.1. The normalized spacial score (nSPS) is 13.1. The summed E-state index contributed by atoms with van der Waals surface area (Å²) < 4.78 is 15.3. The van der Waals surface area contributed by atoms with Gasteiger partial charge in [-0.15, -0.1) is 0 Å². The quantitative estimate of drug-likeness (QED) is 0.163. The van der Waals surface area contributed by atoms with Gasteiger partial charge in [0.25, 0.3) is 5.69 Å². The van der Waals surface area contributed by atoms with Gasteiger partial charge in [0.2, 0.25) is 5.58 Å². The zero-order chi connectivity index (χ0) is 40.8. The molecule has 0 bridgehead atoms. The van der Waals surface area contributed by atoms with Crippen LogP contribution in [0, 0.1) is 0 Å². The van der Waals surface area contributed by atoms with Crippen LogP contribution in [0.15, 0.2) is 229 Å². The number of nitrogens with zero attached hydrogens (tertiary/aromatic N) is 2. The molecule has 0 N–H and O–H groups in total. The molecule has 0 saturated heterocycles. The van der Waals surface area contributed by atoms with Crippen molar-refractivity contribution in [3.63, 3.8) is 0 Å². The Morgan fingerprint density at radius 3 is 1.77 bits per heavy atom. The average Bonchev–Trinajstić information content (AvgIpc) is 3.85. The maximum absolute atomic E-state index is 6.72. The van der Waals surface area contributed by atoms with Crippen molar-refractivity contribution in [2.75, 3.05) is 4.90 Å². The van der Waals surface area contributed by atoms with Crippen molar-refractivity contribution in [3.05, 3.63) is 247 Å². The zero-order valence-corrected chi connectivity index (χ0v) is 33.6. The van der Waals surface area contributed by atoms with Gasteiger partial charge in [-0.2, -0.15) is 4.57 Å². The Hall–Kier alpha value is -8.21. The highest BCUT2D eigenvalue weighted by molar-refractivity contribution is 6.07. The molecule has 2 aliphatic rings. The van der Waals surface area contributed by atoms with Gasteiger partial charge in [0, 0.05) is 51.5 Å². The lowest BCUT2D eigenvalue weighted by Gasteiger charge is -2.39. The summed E-state index contributed by atoms with van der Waals surface area (Å²) in [6.45, 7) is 0. The summed E-state index contributed by atoms with van der Waals surface area (Å²) in [5.41, 5.74) is 14.9. The van der Waals surface area contributed by atoms with Crippen LogP contribution in [0.2, 0.25) is 0 Å². The Balaban J connectivity index is 1.03. The zero-order valence-electron chi connectivity index (χ0n) is 33.6. The number of fused-ring (bicyclic) bond motifs is 13. The Labute approximate surface area is 358 Å². The van der Waals surface area contributed by atoms with Crippen molar-refractivity contribution < 1.29 is 13.7 Å². The van der Waals surface area contributed by atoms with Gasteiger partial charge < -0.3 is 14.1 Å². The molecule has 11 aromatic rings. The summed E-state index contributed by atoms with van der Waals surface area (Å²) in [4.78, 5) is 2.38. The van der Waals surface area contributed by atoms with E-state index >= 15 is 0 Å². The molecule has 1 spiro atoms. The average molecular weight is 794 g/mol. The summed E-state index contributed by atoms with van der Waals surface area (Å²) in [7, 11) is 0. The molecule has 0 unspecified atom stereocenters. The summed E-state index contributed by atoms with van der Waals surface area (Å²) in [5, 5.41) is 4.66. The number of ether oxygens (including phenoxy) is 1. The summed E-state index contributed by atoms with van der Waals surface area (Å²) >= 11 is 0. The first-order valence-electron chi connectivity index (χ1n) is 21.1. The largest absolute Gasteiger partial charge is 0.457 e. The van der Waals surface area contributed by atoms with E-state index in [1.807, 2.05) is 12.1 Å². The molecule has 3 heterocycles. The van der Waals surface area contributed by atoms with Crippen molar-refractivity contribution in [2.45, 2.75) is 5.41 Å². The highest BCUT2D eigenvalue weighted by Gasteiger charge is 2.51. The molecule has 1 aliphatic carbocycles. The van der Waals surface area contributed by atoms with Crippen LogP contribution in [0.25, 0.3) is 60.7 Å². The molecule has 4 heteroatoms. The van der Waals surface area contributed by atoms with Gasteiger partial charge in [-0.05, 0) is 105 Å². The highest BCUT2D eigenvalue weighted by Crippen LogP contribution is 2.63.